The second-order valence-corrected chi connectivity index (χ2v) is 9.32. The minimum absolute atomic E-state index is 0.0685. The standard InChI is InChI=1S/C23H14Br2ClFN4O3/c24-13-2-8-19-12(9-13)10-20(21(32)28-16-5-3-15(26)4-6-16)31(19)30-23(34)22(33)29-18-7-1-14(25)11-17(18)27/h1-11H,(H,28,32)(H,29,33)(H,30,34). The summed E-state index contributed by atoms with van der Waals surface area (Å²) in [6, 6.07) is 17.2. The van der Waals surface area contributed by atoms with Gasteiger partial charge in [-0.05, 0) is 66.7 Å². The molecule has 34 heavy (non-hydrogen) atoms. The van der Waals surface area contributed by atoms with Crippen molar-refractivity contribution in [3.05, 3.63) is 92.2 Å². The van der Waals surface area contributed by atoms with Gasteiger partial charge in [-0.2, -0.15) is 0 Å². The maximum absolute atomic E-state index is 14.1. The largest absolute Gasteiger partial charge is 0.328 e. The van der Waals surface area contributed by atoms with E-state index in [0.717, 1.165) is 10.5 Å². The molecular weight excluding hydrogens is 595 g/mol. The highest BCUT2D eigenvalue weighted by Crippen LogP contribution is 2.24. The van der Waals surface area contributed by atoms with E-state index < -0.39 is 23.5 Å². The second kappa shape index (κ2) is 9.96. The van der Waals surface area contributed by atoms with Crippen LogP contribution in [-0.2, 0) is 9.59 Å². The molecule has 4 aromatic rings. The first-order valence-corrected chi connectivity index (χ1v) is 11.6. The number of hydrogen-bond donors (Lipinski definition) is 3. The number of hydrogen-bond acceptors (Lipinski definition) is 3. The van der Waals surface area contributed by atoms with Crippen LogP contribution in [0.25, 0.3) is 10.9 Å². The van der Waals surface area contributed by atoms with Crippen molar-refractivity contribution in [1.29, 1.82) is 0 Å². The van der Waals surface area contributed by atoms with E-state index in [2.05, 4.69) is 47.9 Å². The first-order chi connectivity index (χ1) is 16.2. The average Bonchev–Trinajstić information content (AvgIpc) is 3.14. The van der Waals surface area contributed by atoms with Crippen molar-refractivity contribution in [3.63, 3.8) is 0 Å². The molecule has 7 nitrogen and oxygen atoms in total. The maximum Gasteiger partial charge on any atom is 0.328 e. The van der Waals surface area contributed by atoms with Crippen LogP contribution in [0, 0.1) is 5.82 Å². The van der Waals surface area contributed by atoms with Gasteiger partial charge >= 0.3 is 11.8 Å². The molecule has 0 spiro atoms. The van der Waals surface area contributed by atoms with Crippen molar-refractivity contribution in [1.82, 2.24) is 4.68 Å². The third-order valence-corrected chi connectivity index (χ3v) is 5.94. The fraction of sp³-hybridized carbons (Fsp3) is 0. The molecule has 3 amide bonds. The Morgan fingerprint density at radius 2 is 1.50 bits per heavy atom. The van der Waals surface area contributed by atoms with E-state index in [1.54, 1.807) is 48.5 Å². The Kier molecular flexibility index (Phi) is 7.01. The van der Waals surface area contributed by atoms with Crippen molar-refractivity contribution in [2.45, 2.75) is 0 Å². The quantitative estimate of drug-likeness (QED) is 0.251. The summed E-state index contributed by atoms with van der Waals surface area (Å²) >= 11 is 12.4. The third kappa shape index (κ3) is 5.30. The third-order valence-electron chi connectivity index (χ3n) is 4.70. The van der Waals surface area contributed by atoms with E-state index in [-0.39, 0.29) is 11.4 Å². The molecule has 172 valence electrons. The molecule has 0 radical (unpaired) electrons. The van der Waals surface area contributed by atoms with Crippen LogP contribution in [-0.4, -0.2) is 22.4 Å². The number of anilines is 2. The predicted molar refractivity (Wildman–Crippen MR) is 136 cm³/mol. The summed E-state index contributed by atoms with van der Waals surface area (Å²) in [5, 5.41) is 6.09. The first kappa shape index (κ1) is 23.9. The zero-order valence-electron chi connectivity index (χ0n) is 17.0. The molecule has 1 heterocycles. The van der Waals surface area contributed by atoms with Crippen molar-refractivity contribution in [2.75, 3.05) is 16.1 Å². The summed E-state index contributed by atoms with van der Waals surface area (Å²) in [6.45, 7) is 0. The molecule has 0 aliphatic heterocycles. The van der Waals surface area contributed by atoms with Crippen molar-refractivity contribution in [3.8, 4) is 0 Å². The molecule has 0 atom stereocenters. The number of nitrogens with zero attached hydrogens (tertiary/aromatic N) is 1. The predicted octanol–water partition coefficient (Wildman–Crippen LogP) is 5.92. The number of carbonyl (C=O) groups is 3. The van der Waals surface area contributed by atoms with Crippen LogP contribution >= 0.6 is 43.5 Å². The highest BCUT2D eigenvalue weighted by molar-refractivity contribution is 9.10. The lowest BCUT2D eigenvalue weighted by atomic mass is 10.2. The van der Waals surface area contributed by atoms with Gasteiger partial charge in [-0.25, -0.2) is 9.07 Å². The van der Waals surface area contributed by atoms with E-state index in [0.29, 0.717) is 26.1 Å². The fourth-order valence-electron chi connectivity index (χ4n) is 3.12. The Morgan fingerprint density at radius 3 is 2.21 bits per heavy atom. The van der Waals surface area contributed by atoms with E-state index in [1.807, 2.05) is 0 Å². The second-order valence-electron chi connectivity index (χ2n) is 7.05. The zero-order valence-corrected chi connectivity index (χ0v) is 21.0. The normalized spacial score (nSPS) is 10.7. The van der Waals surface area contributed by atoms with Gasteiger partial charge in [-0.1, -0.05) is 43.5 Å². The number of fused-ring (bicyclic) bond motifs is 1. The molecule has 0 unspecified atom stereocenters. The number of aromatic nitrogens is 1. The van der Waals surface area contributed by atoms with Crippen LogP contribution in [0.1, 0.15) is 10.5 Å². The maximum atomic E-state index is 14.1. The molecule has 0 bridgehead atoms. The lowest BCUT2D eigenvalue weighted by Gasteiger charge is -2.13. The Morgan fingerprint density at radius 1 is 0.824 bits per heavy atom. The molecule has 1 aromatic heterocycles. The Bertz CT molecular complexity index is 1440. The van der Waals surface area contributed by atoms with Crippen LogP contribution < -0.4 is 16.1 Å². The van der Waals surface area contributed by atoms with Gasteiger partial charge < -0.3 is 10.6 Å². The molecule has 3 N–H and O–H groups in total. The lowest BCUT2D eigenvalue weighted by molar-refractivity contribution is -0.133. The molecule has 0 fully saturated rings. The van der Waals surface area contributed by atoms with E-state index in [9.17, 15) is 18.8 Å². The number of nitrogens with one attached hydrogen (secondary N) is 3. The Balaban J connectivity index is 1.62. The molecular formula is C23H14Br2ClFN4O3. The molecule has 11 heteroatoms. The fourth-order valence-corrected chi connectivity index (χ4v) is 3.96. The summed E-state index contributed by atoms with van der Waals surface area (Å²) in [5.41, 5.74) is 3.28. The number of rotatable bonds is 4. The molecule has 0 aliphatic rings. The first-order valence-electron chi connectivity index (χ1n) is 9.66. The van der Waals surface area contributed by atoms with Gasteiger partial charge in [0.25, 0.3) is 5.91 Å². The summed E-state index contributed by atoms with van der Waals surface area (Å²) in [7, 11) is 0. The SMILES string of the molecule is O=C(Nc1ccc(Br)cc1F)C(=O)Nn1c(C(=O)Nc2ccc(Cl)cc2)cc2cc(Br)ccc21. The van der Waals surface area contributed by atoms with Gasteiger partial charge in [0.05, 0.1) is 11.2 Å². The molecule has 4 rings (SSSR count). The Labute approximate surface area is 214 Å². The van der Waals surface area contributed by atoms with Crippen LogP contribution in [0.3, 0.4) is 0 Å². The van der Waals surface area contributed by atoms with Crippen molar-refractivity contribution < 1.29 is 18.8 Å². The summed E-state index contributed by atoms with van der Waals surface area (Å²) in [4.78, 5) is 38.1. The van der Waals surface area contributed by atoms with Gasteiger partial charge in [-0.3, -0.25) is 19.8 Å². The summed E-state index contributed by atoms with van der Waals surface area (Å²) < 4.78 is 16.5. The van der Waals surface area contributed by atoms with Gasteiger partial charge in [-0.15, -0.1) is 0 Å². The highest BCUT2D eigenvalue weighted by Gasteiger charge is 2.22. The van der Waals surface area contributed by atoms with E-state index in [4.69, 9.17) is 11.6 Å². The van der Waals surface area contributed by atoms with Crippen LogP contribution in [0.15, 0.2) is 75.7 Å². The van der Waals surface area contributed by atoms with Gasteiger partial charge in [0.15, 0.2) is 0 Å². The van der Waals surface area contributed by atoms with Gasteiger partial charge in [0.1, 0.15) is 11.5 Å². The number of amides is 3. The molecule has 0 saturated heterocycles. The van der Waals surface area contributed by atoms with Crippen molar-refractivity contribution >= 4 is 83.5 Å². The van der Waals surface area contributed by atoms with Gasteiger partial charge in [0, 0.05) is 25.0 Å². The van der Waals surface area contributed by atoms with E-state index >= 15 is 0 Å². The summed E-state index contributed by atoms with van der Waals surface area (Å²) in [6.07, 6.45) is 0. The van der Waals surface area contributed by atoms with E-state index in [1.165, 1.54) is 16.8 Å². The minimum Gasteiger partial charge on any atom is -0.321 e. The lowest BCUT2D eigenvalue weighted by Crippen LogP contribution is -2.36. The number of halogens is 4. The smallest absolute Gasteiger partial charge is 0.321 e. The molecule has 0 saturated carbocycles. The monoisotopic (exact) mass is 606 g/mol. The summed E-state index contributed by atoms with van der Waals surface area (Å²) in [5.74, 6) is -3.45. The van der Waals surface area contributed by atoms with Crippen LogP contribution in [0.4, 0.5) is 15.8 Å². The molecule has 0 aliphatic carbocycles. The number of benzene rings is 3. The van der Waals surface area contributed by atoms with Gasteiger partial charge in [0.2, 0.25) is 0 Å². The molecule has 3 aromatic carbocycles. The number of carbonyl (C=O) groups excluding carboxylic acids is 3. The zero-order chi connectivity index (χ0) is 24.4. The Hall–Kier alpha value is -3.21. The highest BCUT2D eigenvalue weighted by atomic mass is 79.9. The van der Waals surface area contributed by atoms with Crippen LogP contribution in [0.5, 0.6) is 0 Å². The van der Waals surface area contributed by atoms with Crippen molar-refractivity contribution in [2.24, 2.45) is 0 Å². The average molecular weight is 609 g/mol. The topological polar surface area (TPSA) is 92.2 Å². The minimum atomic E-state index is -1.11. The van der Waals surface area contributed by atoms with Crippen LogP contribution in [0.2, 0.25) is 5.02 Å².